The summed E-state index contributed by atoms with van der Waals surface area (Å²) >= 11 is 0. The number of nitrogens with zero attached hydrogens (tertiary/aromatic N) is 2. The molecule has 0 fully saturated rings. The molecule has 0 saturated carbocycles. The van der Waals surface area contributed by atoms with Gasteiger partial charge in [0.25, 0.3) is 0 Å². The Bertz CT molecular complexity index is 428. The van der Waals surface area contributed by atoms with Crippen molar-refractivity contribution >= 4 is 5.82 Å². The van der Waals surface area contributed by atoms with E-state index in [4.69, 9.17) is 0 Å². The first-order valence-electron chi connectivity index (χ1n) is 5.91. The monoisotopic (exact) mass is 227 g/mol. The highest BCUT2D eigenvalue weighted by molar-refractivity contribution is 5.31. The lowest BCUT2D eigenvalue weighted by atomic mass is 10.1. The Labute approximate surface area is 102 Å². The van der Waals surface area contributed by atoms with E-state index in [-0.39, 0.29) is 0 Å². The van der Waals surface area contributed by atoms with Gasteiger partial charge in [-0.2, -0.15) is 0 Å². The topological polar surface area (TPSA) is 37.8 Å². The molecular formula is C14H17N3. The largest absolute Gasteiger partial charge is 0.366 e. The van der Waals surface area contributed by atoms with Crippen molar-refractivity contribution in [3.05, 3.63) is 54.5 Å². The minimum Gasteiger partial charge on any atom is -0.366 e. The summed E-state index contributed by atoms with van der Waals surface area (Å²) in [6.45, 7) is 2.16. The molecule has 1 heterocycles. The predicted octanol–water partition coefficient (Wildman–Crippen LogP) is 2.91. The quantitative estimate of drug-likeness (QED) is 0.853. The molecule has 2 aromatic rings. The van der Waals surface area contributed by atoms with Gasteiger partial charge in [-0.3, -0.25) is 4.98 Å². The molecule has 0 aliphatic carbocycles. The van der Waals surface area contributed by atoms with Crippen LogP contribution in [0.1, 0.15) is 18.9 Å². The molecule has 0 amide bonds. The summed E-state index contributed by atoms with van der Waals surface area (Å²) in [5.74, 6) is 0.841. The van der Waals surface area contributed by atoms with Crippen LogP contribution in [0.2, 0.25) is 0 Å². The van der Waals surface area contributed by atoms with Gasteiger partial charge in [-0.25, -0.2) is 4.98 Å². The number of aryl methyl sites for hydroxylation is 1. The van der Waals surface area contributed by atoms with E-state index in [1.165, 1.54) is 5.56 Å². The Morgan fingerprint density at radius 3 is 2.71 bits per heavy atom. The van der Waals surface area contributed by atoms with Crippen molar-refractivity contribution in [3.8, 4) is 0 Å². The zero-order valence-corrected chi connectivity index (χ0v) is 10.0. The van der Waals surface area contributed by atoms with E-state index in [1.54, 1.807) is 18.6 Å². The molecule has 0 aliphatic heterocycles. The molecule has 3 heteroatoms. The van der Waals surface area contributed by atoms with Crippen molar-refractivity contribution in [3.63, 3.8) is 0 Å². The molecule has 17 heavy (non-hydrogen) atoms. The number of nitrogens with one attached hydrogen (secondary N) is 1. The van der Waals surface area contributed by atoms with Crippen molar-refractivity contribution in [2.24, 2.45) is 0 Å². The van der Waals surface area contributed by atoms with E-state index < -0.39 is 0 Å². The second kappa shape index (κ2) is 5.99. The molecule has 0 saturated heterocycles. The Hall–Kier alpha value is -1.90. The Kier molecular flexibility index (Phi) is 4.08. The van der Waals surface area contributed by atoms with E-state index in [9.17, 15) is 0 Å². The number of hydrogen-bond acceptors (Lipinski definition) is 3. The first-order valence-corrected chi connectivity index (χ1v) is 5.91. The maximum absolute atomic E-state index is 4.20. The van der Waals surface area contributed by atoms with Crippen LogP contribution in [0.3, 0.4) is 0 Å². The summed E-state index contributed by atoms with van der Waals surface area (Å²) in [4.78, 5) is 8.23. The highest BCUT2D eigenvalue weighted by atomic mass is 15.0. The summed E-state index contributed by atoms with van der Waals surface area (Å²) in [6, 6.07) is 10.9. The van der Waals surface area contributed by atoms with Gasteiger partial charge in [-0.15, -0.1) is 0 Å². The number of aromatic nitrogens is 2. The molecule has 1 aromatic carbocycles. The van der Waals surface area contributed by atoms with Gasteiger partial charge in [0, 0.05) is 18.4 Å². The molecule has 3 nitrogen and oxygen atoms in total. The van der Waals surface area contributed by atoms with Crippen LogP contribution >= 0.6 is 0 Å². The Morgan fingerprint density at radius 1 is 1.18 bits per heavy atom. The van der Waals surface area contributed by atoms with Gasteiger partial charge in [0.05, 0.1) is 6.20 Å². The third-order valence-corrected chi connectivity index (χ3v) is 2.67. The molecule has 2 rings (SSSR count). The zero-order chi connectivity index (χ0) is 11.9. The lowest BCUT2D eigenvalue weighted by Gasteiger charge is -2.13. The van der Waals surface area contributed by atoms with Crippen molar-refractivity contribution < 1.29 is 0 Å². The van der Waals surface area contributed by atoms with Crippen molar-refractivity contribution in [2.75, 3.05) is 5.32 Å². The number of benzene rings is 1. The molecule has 1 unspecified atom stereocenters. The summed E-state index contributed by atoms with van der Waals surface area (Å²) in [6.07, 6.45) is 7.29. The minimum atomic E-state index is 0.395. The zero-order valence-electron chi connectivity index (χ0n) is 10.0. The van der Waals surface area contributed by atoms with E-state index in [0.717, 1.165) is 18.7 Å². The van der Waals surface area contributed by atoms with Crippen molar-refractivity contribution in [1.29, 1.82) is 0 Å². The van der Waals surface area contributed by atoms with Gasteiger partial charge in [-0.1, -0.05) is 30.3 Å². The highest BCUT2D eigenvalue weighted by Gasteiger charge is 2.03. The lowest BCUT2D eigenvalue weighted by molar-refractivity contribution is 0.702. The third kappa shape index (κ3) is 3.87. The molecule has 1 N–H and O–H groups in total. The SMILES string of the molecule is CC(CCc1ccccc1)Nc1cnccn1. The Balaban J connectivity index is 1.80. The normalized spacial score (nSPS) is 12.1. The average Bonchev–Trinajstić information content (AvgIpc) is 2.39. The molecular weight excluding hydrogens is 210 g/mol. The molecule has 0 spiro atoms. The third-order valence-electron chi connectivity index (χ3n) is 2.67. The lowest BCUT2D eigenvalue weighted by Crippen LogP contribution is -2.16. The summed E-state index contributed by atoms with van der Waals surface area (Å²) in [5.41, 5.74) is 1.38. The first kappa shape index (κ1) is 11.6. The molecule has 1 atom stereocenters. The van der Waals surface area contributed by atoms with E-state index in [2.05, 4.69) is 46.5 Å². The molecule has 0 radical (unpaired) electrons. The fourth-order valence-electron chi connectivity index (χ4n) is 1.73. The second-order valence-corrected chi connectivity index (χ2v) is 4.16. The fourth-order valence-corrected chi connectivity index (χ4v) is 1.73. The fraction of sp³-hybridized carbons (Fsp3) is 0.286. The number of anilines is 1. The van der Waals surface area contributed by atoms with E-state index in [0.29, 0.717) is 6.04 Å². The molecule has 0 aliphatic rings. The average molecular weight is 227 g/mol. The maximum Gasteiger partial charge on any atom is 0.144 e. The van der Waals surface area contributed by atoms with Crippen LogP contribution in [0.15, 0.2) is 48.9 Å². The van der Waals surface area contributed by atoms with Crippen LogP contribution in [-0.2, 0) is 6.42 Å². The van der Waals surface area contributed by atoms with Crippen LogP contribution in [0, 0.1) is 0 Å². The summed E-state index contributed by atoms with van der Waals surface area (Å²) in [5, 5.41) is 3.34. The predicted molar refractivity (Wildman–Crippen MR) is 69.9 cm³/mol. The summed E-state index contributed by atoms with van der Waals surface area (Å²) in [7, 11) is 0. The molecule has 1 aromatic heterocycles. The van der Waals surface area contributed by atoms with Crippen LogP contribution < -0.4 is 5.32 Å². The summed E-state index contributed by atoms with van der Waals surface area (Å²) < 4.78 is 0. The van der Waals surface area contributed by atoms with Gasteiger partial charge in [0.2, 0.25) is 0 Å². The standard InChI is InChI=1S/C14H17N3/c1-12(17-14-11-15-9-10-16-14)7-8-13-5-3-2-4-6-13/h2-6,9-12H,7-8H2,1H3,(H,16,17). The maximum atomic E-state index is 4.20. The van der Waals surface area contributed by atoms with Crippen molar-refractivity contribution in [2.45, 2.75) is 25.8 Å². The van der Waals surface area contributed by atoms with Crippen molar-refractivity contribution in [1.82, 2.24) is 9.97 Å². The van der Waals surface area contributed by atoms with Gasteiger partial charge < -0.3 is 5.32 Å². The van der Waals surface area contributed by atoms with Crippen LogP contribution in [0.25, 0.3) is 0 Å². The number of rotatable bonds is 5. The van der Waals surface area contributed by atoms with E-state index >= 15 is 0 Å². The first-order chi connectivity index (χ1) is 8.34. The highest BCUT2D eigenvalue weighted by Crippen LogP contribution is 2.08. The van der Waals surface area contributed by atoms with Gasteiger partial charge in [0.1, 0.15) is 5.82 Å². The number of hydrogen-bond donors (Lipinski definition) is 1. The minimum absolute atomic E-state index is 0.395. The van der Waals surface area contributed by atoms with Crippen LogP contribution in [0.4, 0.5) is 5.82 Å². The Morgan fingerprint density at radius 2 is 2.00 bits per heavy atom. The van der Waals surface area contributed by atoms with E-state index in [1.807, 2.05) is 6.07 Å². The van der Waals surface area contributed by atoms with Gasteiger partial charge in [0.15, 0.2) is 0 Å². The van der Waals surface area contributed by atoms with Crippen LogP contribution in [0.5, 0.6) is 0 Å². The molecule has 88 valence electrons. The smallest absolute Gasteiger partial charge is 0.144 e. The van der Waals surface area contributed by atoms with Gasteiger partial charge in [-0.05, 0) is 25.3 Å². The van der Waals surface area contributed by atoms with Crippen LogP contribution in [-0.4, -0.2) is 16.0 Å². The van der Waals surface area contributed by atoms with Gasteiger partial charge >= 0.3 is 0 Å². The molecule has 0 bridgehead atoms. The second-order valence-electron chi connectivity index (χ2n) is 4.16.